The molecular weight excluding hydrogens is 386 g/mol. The van der Waals surface area contributed by atoms with Crippen LogP contribution in [0.2, 0.25) is 0 Å². The van der Waals surface area contributed by atoms with Gasteiger partial charge in [-0.15, -0.1) is 0 Å². The van der Waals surface area contributed by atoms with E-state index in [0.717, 1.165) is 28.7 Å². The molecule has 1 amide bonds. The third-order valence-corrected chi connectivity index (χ3v) is 4.60. The maximum atomic E-state index is 12.4. The van der Waals surface area contributed by atoms with E-state index in [4.69, 9.17) is 4.42 Å². The van der Waals surface area contributed by atoms with E-state index in [1.54, 1.807) is 18.2 Å². The second kappa shape index (κ2) is 6.40. The summed E-state index contributed by atoms with van der Waals surface area (Å²) < 4.78 is 6.06. The Bertz CT molecular complexity index is 1030. The molecule has 0 radical (unpaired) electrons. The number of carbonyl (C=O) groups is 1. The molecular formula is C18H14BrN3O3. The molecule has 0 aliphatic heterocycles. The highest BCUT2D eigenvalue weighted by Crippen LogP contribution is 2.38. The van der Waals surface area contributed by atoms with Crippen molar-refractivity contribution in [2.75, 3.05) is 0 Å². The quantitative estimate of drug-likeness (QED) is 0.681. The van der Waals surface area contributed by atoms with Gasteiger partial charge in [-0.3, -0.25) is 4.79 Å². The number of benzene rings is 1. The monoisotopic (exact) mass is 399 g/mol. The number of nitrogens with zero attached hydrogens (tertiary/aromatic N) is 2. The van der Waals surface area contributed by atoms with Crippen molar-refractivity contribution in [2.24, 2.45) is 0 Å². The molecule has 1 aromatic carbocycles. The number of nitrogens with one attached hydrogen (secondary N) is 1. The number of halogens is 1. The molecule has 1 fully saturated rings. The first-order chi connectivity index (χ1) is 12.1. The minimum atomic E-state index is -0.659. The molecule has 6 nitrogen and oxygen atoms in total. The van der Waals surface area contributed by atoms with Crippen molar-refractivity contribution >= 4 is 32.8 Å². The van der Waals surface area contributed by atoms with E-state index in [-0.39, 0.29) is 12.1 Å². The number of hydrogen-bond donors (Lipinski definition) is 1. The Balaban J connectivity index is 1.54. The highest BCUT2D eigenvalue weighted by atomic mass is 79.9. The molecule has 2 aromatic heterocycles. The Morgan fingerprint density at radius 1 is 1.24 bits per heavy atom. The van der Waals surface area contributed by atoms with Gasteiger partial charge in [-0.1, -0.05) is 15.9 Å². The first kappa shape index (κ1) is 16.0. The predicted molar refractivity (Wildman–Crippen MR) is 95.4 cm³/mol. The molecule has 1 aliphatic rings. The first-order valence-corrected chi connectivity index (χ1v) is 8.72. The zero-order valence-electron chi connectivity index (χ0n) is 13.2. The summed E-state index contributed by atoms with van der Waals surface area (Å²) >= 11 is 3.36. The van der Waals surface area contributed by atoms with Gasteiger partial charge in [-0.05, 0) is 43.2 Å². The van der Waals surface area contributed by atoms with E-state index in [1.165, 1.54) is 12.4 Å². The van der Waals surface area contributed by atoms with E-state index in [0.29, 0.717) is 16.9 Å². The average Bonchev–Trinajstić information content (AvgIpc) is 3.45. The molecule has 0 atom stereocenters. The van der Waals surface area contributed by atoms with Crippen molar-refractivity contribution in [1.29, 1.82) is 0 Å². The van der Waals surface area contributed by atoms with Crippen molar-refractivity contribution in [3.8, 4) is 0 Å². The maximum Gasteiger partial charge on any atom is 0.349 e. The van der Waals surface area contributed by atoms with Gasteiger partial charge >= 0.3 is 5.63 Å². The SMILES string of the molecule is O=C(NCc1cc(C2CC2)ncn1)c1cc2cc(Br)ccc2oc1=O. The van der Waals surface area contributed by atoms with Crippen LogP contribution in [0.15, 0.2) is 50.3 Å². The van der Waals surface area contributed by atoms with Crippen molar-refractivity contribution < 1.29 is 9.21 Å². The smallest absolute Gasteiger partial charge is 0.349 e. The average molecular weight is 400 g/mol. The van der Waals surface area contributed by atoms with E-state index >= 15 is 0 Å². The molecule has 25 heavy (non-hydrogen) atoms. The zero-order chi connectivity index (χ0) is 17.4. The summed E-state index contributed by atoms with van der Waals surface area (Å²) in [5.74, 6) is 0.0330. The summed E-state index contributed by atoms with van der Waals surface area (Å²) in [5, 5.41) is 3.40. The molecule has 3 aromatic rings. The Morgan fingerprint density at radius 3 is 2.88 bits per heavy atom. The topological polar surface area (TPSA) is 85.1 Å². The fourth-order valence-electron chi connectivity index (χ4n) is 2.63. The van der Waals surface area contributed by atoms with E-state index < -0.39 is 11.5 Å². The lowest BCUT2D eigenvalue weighted by Crippen LogP contribution is -2.28. The summed E-state index contributed by atoms with van der Waals surface area (Å²) in [6.45, 7) is 0.233. The lowest BCUT2D eigenvalue weighted by atomic mass is 10.2. The molecule has 4 rings (SSSR count). The van der Waals surface area contributed by atoms with Crippen LogP contribution in [0.25, 0.3) is 11.0 Å². The van der Waals surface area contributed by atoms with Gasteiger partial charge in [0.2, 0.25) is 0 Å². The van der Waals surface area contributed by atoms with Crippen LogP contribution in [0, 0.1) is 0 Å². The Kier molecular flexibility index (Phi) is 4.09. The molecule has 0 spiro atoms. The van der Waals surface area contributed by atoms with Crippen molar-refractivity contribution in [2.45, 2.75) is 25.3 Å². The van der Waals surface area contributed by atoms with Gasteiger partial charge in [0, 0.05) is 21.5 Å². The third kappa shape index (κ3) is 3.46. The molecule has 0 bridgehead atoms. The number of carbonyl (C=O) groups excluding carboxylic acids is 1. The second-order valence-corrected chi connectivity index (χ2v) is 6.94. The van der Waals surface area contributed by atoms with Crippen LogP contribution < -0.4 is 10.9 Å². The standard InChI is InChI=1S/C18H14BrN3O3/c19-12-3-4-16-11(5-12)6-14(18(24)25-16)17(23)20-8-13-7-15(10-1-2-10)22-9-21-13/h3-7,9-10H,1-2,8H2,(H,20,23). The zero-order valence-corrected chi connectivity index (χ0v) is 14.7. The lowest BCUT2D eigenvalue weighted by Gasteiger charge is -2.06. The van der Waals surface area contributed by atoms with Crippen LogP contribution >= 0.6 is 15.9 Å². The van der Waals surface area contributed by atoms with Gasteiger partial charge in [-0.25, -0.2) is 14.8 Å². The van der Waals surface area contributed by atoms with E-state index in [9.17, 15) is 9.59 Å². The molecule has 1 N–H and O–H groups in total. The molecule has 1 saturated carbocycles. The number of hydrogen-bond acceptors (Lipinski definition) is 5. The summed E-state index contributed by atoms with van der Waals surface area (Å²) in [6, 6.07) is 8.69. The van der Waals surface area contributed by atoms with Crippen LogP contribution in [0.4, 0.5) is 0 Å². The molecule has 7 heteroatoms. The molecule has 0 saturated heterocycles. The normalized spacial score (nSPS) is 13.8. The summed E-state index contributed by atoms with van der Waals surface area (Å²) in [7, 11) is 0. The summed E-state index contributed by atoms with van der Waals surface area (Å²) in [5.41, 5.74) is 1.48. The number of fused-ring (bicyclic) bond motifs is 1. The van der Waals surface area contributed by atoms with Crippen LogP contribution in [0.3, 0.4) is 0 Å². The van der Waals surface area contributed by atoms with Crippen molar-refractivity contribution in [3.63, 3.8) is 0 Å². The van der Waals surface area contributed by atoms with Gasteiger partial charge in [0.25, 0.3) is 5.91 Å². The number of rotatable bonds is 4. The van der Waals surface area contributed by atoms with Gasteiger partial charge < -0.3 is 9.73 Å². The molecule has 1 aliphatic carbocycles. The van der Waals surface area contributed by atoms with Gasteiger partial charge in [0.15, 0.2) is 0 Å². The first-order valence-electron chi connectivity index (χ1n) is 7.92. The molecule has 126 valence electrons. The minimum Gasteiger partial charge on any atom is -0.422 e. The van der Waals surface area contributed by atoms with Gasteiger partial charge in [0.05, 0.1) is 12.2 Å². The Labute approximate surface area is 151 Å². The fourth-order valence-corrected chi connectivity index (χ4v) is 3.01. The fraction of sp³-hybridized carbons (Fsp3) is 0.222. The second-order valence-electron chi connectivity index (χ2n) is 6.02. The molecule has 2 heterocycles. The summed E-state index contributed by atoms with van der Waals surface area (Å²) in [4.78, 5) is 32.8. The van der Waals surface area contributed by atoms with Crippen LogP contribution in [-0.4, -0.2) is 15.9 Å². The number of amides is 1. The van der Waals surface area contributed by atoms with Crippen molar-refractivity contribution in [1.82, 2.24) is 15.3 Å². The van der Waals surface area contributed by atoms with Gasteiger partial charge in [0.1, 0.15) is 17.5 Å². The van der Waals surface area contributed by atoms with E-state index in [1.807, 2.05) is 6.07 Å². The van der Waals surface area contributed by atoms with Gasteiger partial charge in [-0.2, -0.15) is 0 Å². The predicted octanol–water partition coefficient (Wildman–Crippen LogP) is 3.15. The van der Waals surface area contributed by atoms with E-state index in [2.05, 4.69) is 31.2 Å². The number of aromatic nitrogens is 2. The summed E-state index contributed by atoms with van der Waals surface area (Å²) in [6.07, 6.45) is 3.81. The Hall–Kier alpha value is -2.54. The van der Waals surface area contributed by atoms with Crippen LogP contribution in [0.1, 0.15) is 40.5 Å². The lowest BCUT2D eigenvalue weighted by molar-refractivity contribution is 0.0947. The minimum absolute atomic E-state index is 0.0259. The van der Waals surface area contributed by atoms with Crippen molar-refractivity contribution in [3.05, 3.63) is 68.5 Å². The third-order valence-electron chi connectivity index (χ3n) is 4.11. The Morgan fingerprint density at radius 2 is 2.08 bits per heavy atom. The van der Waals surface area contributed by atoms with Crippen LogP contribution in [0.5, 0.6) is 0 Å². The highest BCUT2D eigenvalue weighted by molar-refractivity contribution is 9.10. The largest absolute Gasteiger partial charge is 0.422 e. The highest BCUT2D eigenvalue weighted by Gasteiger charge is 2.25. The molecule has 0 unspecified atom stereocenters. The maximum absolute atomic E-state index is 12.4. The van der Waals surface area contributed by atoms with Crippen LogP contribution in [-0.2, 0) is 6.54 Å².